The fourth-order valence-electron chi connectivity index (χ4n) is 2.04. The summed E-state index contributed by atoms with van der Waals surface area (Å²) in [6.45, 7) is 0.771. The molecule has 0 saturated carbocycles. The molecule has 0 aliphatic rings. The van der Waals surface area contributed by atoms with E-state index in [4.69, 9.17) is 4.74 Å². The van der Waals surface area contributed by atoms with E-state index in [-0.39, 0.29) is 0 Å². The van der Waals surface area contributed by atoms with Crippen molar-refractivity contribution in [2.75, 3.05) is 11.9 Å². The van der Waals surface area contributed by atoms with Crippen molar-refractivity contribution in [2.24, 2.45) is 5.92 Å². The van der Waals surface area contributed by atoms with Gasteiger partial charge in [-0.15, -0.1) is 0 Å². The van der Waals surface area contributed by atoms with Gasteiger partial charge in [-0.05, 0) is 36.5 Å². The smallest absolute Gasteiger partial charge is 0.119 e. The highest BCUT2D eigenvalue weighted by molar-refractivity contribution is 9.09. The van der Waals surface area contributed by atoms with Crippen molar-refractivity contribution in [3.8, 4) is 5.75 Å². The van der Waals surface area contributed by atoms with Crippen LogP contribution >= 0.6 is 15.9 Å². The lowest BCUT2D eigenvalue weighted by Crippen LogP contribution is -2.11. The number of ether oxygens (including phenoxy) is 1. The molecule has 0 aromatic heterocycles. The quantitative estimate of drug-likeness (QED) is 0.672. The van der Waals surface area contributed by atoms with Crippen LogP contribution in [0, 0.1) is 5.92 Å². The molecule has 100 valence electrons. The molecular weight excluding hydrogens is 300 g/mol. The largest absolute Gasteiger partial charge is 0.494 e. The molecule has 0 amide bonds. The van der Waals surface area contributed by atoms with Crippen molar-refractivity contribution in [1.82, 2.24) is 0 Å². The summed E-state index contributed by atoms with van der Waals surface area (Å²) in [6, 6.07) is 20.6. The van der Waals surface area contributed by atoms with Gasteiger partial charge in [-0.1, -0.05) is 64.5 Å². The fraction of sp³-hybridized carbons (Fsp3) is 0.294. The highest BCUT2D eigenvalue weighted by atomic mass is 79.9. The average Bonchev–Trinajstić information content (AvgIpc) is 2.48. The summed E-state index contributed by atoms with van der Waals surface area (Å²) in [5, 5.41) is 1.01. The molecule has 1 atom stereocenters. The highest BCUT2D eigenvalue weighted by Crippen LogP contribution is 2.16. The number of para-hydroxylation sites is 1. The van der Waals surface area contributed by atoms with Crippen LogP contribution in [0.4, 0.5) is 0 Å². The first kappa shape index (κ1) is 14.1. The van der Waals surface area contributed by atoms with Crippen LogP contribution < -0.4 is 4.74 Å². The summed E-state index contributed by atoms with van der Waals surface area (Å²) in [6.07, 6.45) is 2.17. The second-order valence-electron chi connectivity index (χ2n) is 4.66. The van der Waals surface area contributed by atoms with Gasteiger partial charge in [0.2, 0.25) is 0 Å². The SMILES string of the molecule is BrCC(CCOc1ccccc1)Cc1ccccc1. The van der Waals surface area contributed by atoms with Gasteiger partial charge in [-0.2, -0.15) is 0 Å². The topological polar surface area (TPSA) is 9.23 Å². The molecule has 0 heterocycles. The maximum absolute atomic E-state index is 5.76. The van der Waals surface area contributed by atoms with Crippen LogP contribution in [0.3, 0.4) is 0 Å². The van der Waals surface area contributed by atoms with Crippen LogP contribution in [0.1, 0.15) is 12.0 Å². The van der Waals surface area contributed by atoms with E-state index >= 15 is 0 Å². The Kier molecular flexibility index (Phi) is 5.96. The first-order valence-electron chi connectivity index (χ1n) is 6.66. The van der Waals surface area contributed by atoms with Crippen LogP contribution in [0.15, 0.2) is 60.7 Å². The first-order valence-corrected chi connectivity index (χ1v) is 7.78. The van der Waals surface area contributed by atoms with Gasteiger partial charge in [-0.3, -0.25) is 0 Å². The summed E-state index contributed by atoms with van der Waals surface area (Å²) in [5.41, 5.74) is 1.40. The minimum Gasteiger partial charge on any atom is -0.494 e. The Morgan fingerprint density at radius 2 is 1.53 bits per heavy atom. The number of hydrogen-bond donors (Lipinski definition) is 0. The highest BCUT2D eigenvalue weighted by Gasteiger charge is 2.08. The molecule has 0 bridgehead atoms. The number of halogens is 1. The Hall–Kier alpha value is -1.28. The molecule has 2 aromatic rings. The summed E-state index contributed by atoms with van der Waals surface area (Å²) in [4.78, 5) is 0. The second kappa shape index (κ2) is 8.00. The maximum Gasteiger partial charge on any atom is 0.119 e. The van der Waals surface area contributed by atoms with Crippen molar-refractivity contribution in [2.45, 2.75) is 12.8 Å². The van der Waals surface area contributed by atoms with E-state index < -0.39 is 0 Å². The Morgan fingerprint density at radius 3 is 2.16 bits per heavy atom. The molecule has 0 spiro atoms. The third-order valence-corrected chi connectivity index (χ3v) is 4.04. The van der Waals surface area contributed by atoms with Crippen LogP contribution in [0.25, 0.3) is 0 Å². The third-order valence-electron chi connectivity index (χ3n) is 3.12. The zero-order valence-electron chi connectivity index (χ0n) is 11.0. The molecule has 2 aromatic carbocycles. The van der Waals surface area contributed by atoms with E-state index in [2.05, 4.69) is 46.3 Å². The van der Waals surface area contributed by atoms with Crippen molar-refractivity contribution in [3.05, 3.63) is 66.2 Å². The molecule has 2 rings (SSSR count). The lowest BCUT2D eigenvalue weighted by molar-refractivity contribution is 0.285. The predicted octanol–water partition coefficient (Wildman–Crippen LogP) is 4.71. The molecule has 19 heavy (non-hydrogen) atoms. The molecule has 0 saturated heterocycles. The minimum atomic E-state index is 0.617. The molecule has 0 N–H and O–H groups in total. The van der Waals surface area contributed by atoms with Crippen molar-refractivity contribution in [3.63, 3.8) is 0 Å². The lowest BCUT2D eigenvalue weighted by Gasteiger charge is -2.14. The van der Waals surface area contributed by atoms with E-state index in [1.807, 2.05) is 30.3 Å². The summed E-state index contributed by atoms with van der Waals surface area (Å²) < 4.78 is 5.76. The third kappa shape index (κ3) is 5.07. The van der Waals surface area contributed by atoms with Crippen LogP contribution in [-0.4, -0.2) is 11.9 Å². The summed E-state index contributed by atoms with van der Waals surface area (Å²) >= 11 is 3.60. The van der Waals surface area contributed by atoms with Gasteiger partial charge in [0, 0.05) is 5.33 Å². The number of hydrogen-bond acceptors (Lipinski definition) is 1. The molecule has 0 radical (unpaired) electrons. The molecule has 1 nitrogen and oxygen atoms in total. The zero-order chi connectivity index (χ0) is 13.3. The van der Waals surface area contributed by atoms with Crippen LogP contribution in [0.2, 0.25) is 0 Å². The number of alkyl halides is 1. The molecule has 1 unspecified atom stereocenters. The molecule has 0 aliphatic heterocycles. The maximum atomic E-state index is 5.76. The molecule has 2 heteroatoms. The van der Waals surface area contributed by atoms with Crippen LogP contribution in [-0.2, 0) is 6.42 Å². The van der Waals surface area contributed by atoms with Gasteiger partial charge in [0.15, 0.2) is 0 Å². The van der Waals surface area contributed by atoms with Gasteiger partial charge in [0.1, 0.15) is 5.75 Å². The van der Waals surface area contributed by atoms with Crippen molar-refractivity contribution < 1.29 is 4.74 Å². The van der Waals surface area contributed by atoms with Crippen LogP contribution in [0.5, 0.6) is 5.75 Å². The predicted molar refractivity (Wildman–Crippen MR) is 84.0 cm³/mol. The molecular formula is C17H19BrO. The second-order valence-corrected chi connectivity index (χ2v) is 5.31. The monoisotopic (exact) mass is 318 g/mol. The van der Waals surface area contributed by atoms with E-state index in [0.717, 1.165) is 30.5 Å². The normalized spacial score (nSPS) is 12.1. The van der Waals surface area contributed by atoms with Crippen molar-refractivity contribution in [1.29, 1.82) is 0 Å². The minimum absolute atomic E-state index is 0.617. The Bertz CT molecular complexity index is 455. The van der Waals surface area contributed by atoms with E-state index in [9.17, 15) is 0 Å². The molecule has 0 fully saturated rings. The summed E-state index contributed by atoms with van der Waals surface area (Å²) in [5.74, 6) is 1.57. The first-order chi connectivity index (χ1) is 9.38. The Balaban J connectivity index is 1.77. The van der Waals surface area contributed by atoms with Crippen molar-refractivity contribution >= 4 is 15.9 Å². The van der Waals surface area contributed by atoms with Gasteiger partial charge in [0.25, 0.3) is 0 Å². The zero-order valence-corrected chi connectivity index (χ0v) is 12.6. The van der Waals surface area contributed by atoms with Gasteiger partial charge >= 0.3 is 0 Å². The van der Waals surface area contributed by atoms with Gasteiger partial charge in [0.05, 0.1) is 6.61 Å². The average molecular weight is 319 g/mol. The van der Waals surface area contributed by atoms with E-state index in [0.29, 0.717) is 5.92 Å². The molecule has 0 aliphatic carbocycles. The Morgan fingerprint density at radius 1 is 0.895 bits per heavy atom. The number of rotatable bonds is 7. The number of benzene rings is 2. The van der Waals surface area contributed by atoms with E-state index in [1.165, 1.54) is 5.56 Å². The van der Waals surface area contributed by atoms with Gasteiger partial charge in [-0.25, -0.2) is 0 Å². The summed E-state index contributed by atoms with van der Waals surface area (Å²) in [7, 11) is 0. The standard InChI is InChI=1S/C17H19BrO/c18-14-16(13-15-7-3-1-4-8-15)11-12-19-17-9-5-2-6-10-17/h1-10,16H,11-14H2. The lowest BCUT2D eigenvalue weighted by atomic mass is 9.98. The Labute approximate surface area is 123 Å². The fourth-order valence-corrected chi connectivity index (χ4v) is 2.59. The van der Waals surface area contributed by atoms with E-state index in [1.54, 1.807) is 0 Å². The van der Waals surface area contributed by atoms with Gasteiger partial charge < -0.3 is 4.74 Å².